The minimum Gasteiger partial charge on any atom is -0.415 e. The number of carbonyl (C=O) groups is 1. The Balaban J connectivity index is 1.94. The summed E-state index contributed by atoms with van der Waals surface area (Å²) in [4.78, 5) is 14.7. The third kappa shape index (κ3) is 5.07. The lowest BCUT2D eigenvalue weighted by atomic mass is 9.74. The van der Waals surface area contributed by atoms with Crippen molar-refractivity contribution in [3.05, 3.63) is 71.5 Å². The lowest BCUT2D eigenvalue weighted by Crippen LogP contribution is -2.42. The van der Waals surface area contributed by atoms with Crippen LogP contribution in [0.25, 0.3) is 10.8 Å². The zero-order valence-electron chi connectivity index (χ0n) is 20.3. The standard InChI is InChI=1S/C28H37NO3/c1-17(2)24-15-25(27(30)23-13-12-21-10-8-9-11-22(21)14-23)20(7)26(16-24)32-28(31)29(18(3)4)19(5)6/h8-14,18-19,24-25,27,30H,1,15-16H2,2-7H3/t24-,25+,27-/m1/s1. The van der Waals surface area contributed by atoms with Crippen LogP contribution in [0.3, 0.4) is 0 Å². The number of benzene rings is 2. The second-order valence-electron chi connectivity index (χ2n) is 9.71. The van der Waals surface area contributed by atoms with Crippen LogP contribution >= 0.6 is 0 Å². The van der Waals surface area contributed by atoms with Gasteiger partial charge in [0.05, 0.1) is 6.10 Å². The minimum absolute atomic E-state index is 0.0444. The summed E-state index contributed by atoms with van der Waals surface area (Å²) in [5, 5.41) is 13.7. The monoisotopic (exact) mass is 435 g/mol. The lowest BCUT2D eigenvalue weighted by Gasteiger charge is -2.36. The molecule has 0 aromatic heterocycles. The predicted molar refractivity (Wildman–Crippen MR) is 131 cm³/mol. The van der Waals surface area contributed by atoms with E-state index in [0.717, 1.165) is 33.9 Å². The Kier molecular flexibility index (Phi) is 7.45. The highest BCUT2D eigenvalue weighted by molar-refractivity contribution is 5.83. The number of aliphatic hydroxyl groups excluding tert-OH is 1. The van der Waals surface area contributed by atoms with Gasteiger partial charge in [-0.05, 0) is 81.9 Å². The van der Waals surface area contributed by atoms with Gasteiger partial charge >= 0.3 is 6.09 Å². The summed E-state index contributed by atoms with van der Waals surface area (Å²) < 4.78 is 5.97. The van der Waals surface area contributed by atoms with Gasteiger partial charge in [-0.25, -0.2) is 4.79 Å². The number of nitrogens with zero attached hydrogens (tertiary/aromatic N) is 1. The SMILES string of the molecule is C=C(C)[C@H]1CC(OC(=O)N(C(C)C)C(C)C)=C(C)[C@@H]([C@H](O)c2ccc3ccccc3c2)C1. The molecule has 0 aliphatic heterocycles. The van der Waals surface area contributed by atoms with E-state index >= 15 is 0 Å². The van der Waals surface area contributed by atoms with Crippen LogP contribution in [0.5, 0.6) is 0 Å². The van der Waals surface area contributed by atoms with Crippen molar-refractivity contribution in [2.24, 2.45) is 11.8 Å². The second kappa shape index (κ2) is 9.91. The van der Waals surface area contributed by atoms with Crippen molar-refractivity contribution >= 4 is 16.9 Å². The molecule has 0 saturated carbocycles. The molecule has 2 aromatic carbocycles. The second-order valence-corrected chi connectivity index (χ2v) is 9.71. The number of aliphatic hydroxyl groups is 1. The number of allylic oxidation sites excluding steroid dienone is 2. The van der Waals surface area contributed by atoms with E-state index in [1.54, 1.807) is 4.90 Å². The van der Waals surface area contributed by atoms with Gasteiger partial charge in [0.1, 0.15) is 5.76 Å². The van der Waals surface area contributed by atoms with E-state index in [4.69, 9.17) is 4.74 Å². The minimum atomic E-state index is -0.679. The summed E-state index contributed by atoms with van der Waals surface area (Å²) in [6.07, 6.45) is 0.416. The molecule has 2 aromatic rings. The zero-order valence-corrected chi connectivity index (χ0v) is 20.3. The van der Waals surface area contributed by atoms with Gasteiger partial charge in [-0.1, -0.05) is 48.6 Å². The van der Waals surface area contributed by atoms with E-state index in [2.05, 4.69) is 30.8 Å². The Labute approximate surface area is 192 Å². The van der Waals surface area contributed by atoms with E-state index in [9.17, 15) is 9.90 Å². The molecule has 1 amide bonds. The number of ether oxygens (including phenoxy) is 1. The maximum absolute atomic E-state index is 13.0. The number of fused-ring (bicyclic) bond motifs is 1. The van der Waals surface area contributed by atoms with Gasteiger partial charge in [0.25, 0.3) is 0 Å². The van der Waals surface area contributed by atoms with E-state index in [-0.39, 0.29) is 30.0 Å². The molecule has 3 atom stereocenters. The first-order valence-electron chi connectivity index (χ1n) is 11.6. The molecule has 0 heterocycles. The fraction of sp³-hybridized carbons (Fsp3) is 0.464. The number of carbonyl (C=O) groups excluding carboxylic acids is 1. The van der Waals surface area contributed by atoms with E-state index < -0.39 is 6.10 Å². The first kappa shape index (κ1) is 24.1. The first-order chi connectivity index (χ1) is 15.1. The van der Waals surface area contributed by atoms with Gasteiger partial charge in [-0.2, -0.15) is 0 Å². The zero-order chi connectivity index (χ0) is 23.6. The Morgan fingerprint density at radius 1 is 1.09 bits per heavy atom. The van der Waals surface area contributed by atoms with Crippen LogP contribution in [0, 0.1) is 11.8 Å². The maximum Gasteiger partial charge on any atom is 0.415 e. The molecule has 1 aliphatic carbocycles. The van der Waals surface area contributed by atoms with E-state index in [1.807, 2.05) is 59.7 Å². The van der Waals surface area contributed by atoms with Gasteiger partial charge in [-0.3, -0.25) is 0 Å². The van der Waals surface area contributed by atoms with Crippen molar-refractivity contribution in [2.45, 2.75) is 72.6 Å². The smallest absolute Gasteiger partial charge is 0.415 e. The van der Waals surface area contributed by atoms with Crippen molar-refractivity contribution < 1.29 is 14.6 Å². The molecule has 0 radical (unpaired) electrons. The molecule has 3 rings (SSSR count). The molecule has 4 nitrogen and oxygen atoms in total. The molecule has 1 N–H and O–H groups in total. The van der Waals surface area contributed by atoms with Crippen LogP contribution in [-0.2, 0) is 4.74 Å². The van der Waals surface area contributed by atoms with Crippen LogP contribution < -0.4 is 0 Å². The highest BCUT2D eigenvalue weighted by atomic mass is 16.6. The summed E-state index contributed by atoms with van der Waals surface area (Å²) in [6, 6.07) is 14.3. The Bertz CT molecular complexity index is 1010. The number of hydrogen-bond donors (Lipinski definition) is 1. The molecule has 0 fully saturated rings. The molecular formula is C28H37NO3. The third-order valence-corrected chi connectivity index (χ3v) is 6.69. The van der Waals surface area contributed by atoms with Crippen molar-refractivity contribution in [3.63, 3.8) is 0 Å². The van der Waals surface area contributed by atoms with E-state index in [0.29, 0.717) is 12.2 Å². The first-order valence-corrected chi connectivity index (χ1v) is 11.6. The average molecular weight is 436 g/mol. The molecule has 1 aliphatic rings. The molecule has 32 heavy (non-hydrogen) atoms. The van der Waals surface area contributed by atoms with Crippen LogP contribution in [-0.4, -0.2) is 28.2 Å². The van der Waals surface area contributed by atoms with Gasteiger partial charge in [0, 0.05) is 24.4 Å². The lowest BCUT2D eigenvalue weighted by molar-refractivity contribution is 0.0786. The van der Waals surface area contributed by atoms with Crippen molar-refractivity contribution in [1.29, 1.82) is 0 Å². The normalized spacial score (nSPS) is 20.0. The van der Waals surface area contributed by atoms with E-state index in [1.165, 1.54) is 0 Å². The number of hydrogen-bond acceptors (Lipinski definition) is 3. The van der Waals surface area contributed by atoms with Crippen LogP contribution in [0.1, 0.15) is 66.1 Å². The molecule has 4 heteroatoms. The summed E-state index contributed by atoms with van der Waals surface area (Å²) in [5.74, 6) is 0.694. The summed E-state index contributed by atoms with van der Waals surface area (Å²) in [5.41, 5.74) is 2.88. The number of rotatable bonds is 6. The molecule has 172 valence electrons. The van der Waals surface area contributed by atoms with Crippen molar-refractivity contribution in [1.82, 2.24) is 4.90 Å². The maximum atomic E-state index is 13.0. The Morgan fingerprint density at radius 2 is 1.72 bits per heavy atom. The summed E-state index contributed by atoms with van der Waals surface area (Å²) >= 11 is 0. The predicted octanol–water partition coefficient (Wildman–Crippen LogP) is 7.00. The third-order valence-electron chi connectivity index (χ3n) is 6.69. The van der Waals surface area contributed by atoms with Crippen molar-refractivity contribution in [3.8, 4) is 0 Å². The fourth-order valence-electron chi connectivity index (χ4n) is 4.82. The highest BCUT2D eigenvalue weighted by Crippen LogP contribution is 2.43. The Hall–Kier alpha value is -2.59. The molecule has 0 saturated heterocycles. The van der Waals surface area contributed by atoms with Crippen LogP contribution in [0.4, 0.5) is 4.79 Å². The van der Waals surface area contributed by atoms with Gasteiger partial charge in [0.2, 0.25) is 0 Å². The van der Waals surface area contributed by atoms with Gasteiger partial charge in [0.15, 0.2) is 0 Å². The van der Waals surface area contributed by atoms with Gasteiger partial charge < -0.3 is 14.7 Å². The quantitative estimate of drug-likeness (QED) is 0.497. The largest absolute Gasteiger partial charge is 0.415 e. The number of amides is 1. The molecule has 0 bridgehead atoms. The molecular weight excluding hydrogens is 398 g/mol. The summed E-state index contributed by atoms with van der Waals surface area (Å²) in [7, 11) is 0. The fourth-order valence-corrected chi connectivity index (χ4v) is 4.82. The molecule has 0 spiro atoms. The Morgan fingerprint density at radius 3 is 2.31 bits per heavy atom. The van der Waals surface area contributed by atoms with Crippen LogP contribution in [0.2, 0.25) is 0 Å². The average Bonchev–Trinajstić information content (AvgIpc) is 2.73. The van der Waals surface area contributed by atoms with Crippen LogP contribution in [0.15, 0.2) is 65.9 Å². The van der Waals surface area contributed by atoms with Crippen molar-refractivity contribution in [2.75, 3.05) is 0 Å². The topological polar surface area (TPSA) is 49.8 Å². The molecule has 0 unspecified atom stereocenters. The summed E-state index contributed by atoms with van der Waals surface area (Å²) in [6.45, 7) is 16.1. The highest BCUT2D eigenvalue weighted by Gasteiger charge is 2.35. The van der Waals surface area contributed by atoms with Gasteiger partial charge in [-0.15, -0.1) is 0 Å².